The number of anilines is 1. The highest BCUT2D eigenvalue weighted by molar-refractivity contribution is 5.41. The number of rotatable bonds is 3. The Balaban J connectivity index is 1.59. The van der Waals surface area contributed by atoms with Crippen molar-refractivity contribution in [3.63, 3.8) is 0 Å². The van der Waals surface area contributed by atoms with Gasteiger partial charge in [0.15, 0.2) is 0 Å². The van der Waals surface area contributed by atoms with E-state index in [2.05, 4.69) is 9.88 Å². The Labute approximate surface area is 120 Å². The minimum atomic E-state index is 0.128. The van der Waals surface area contributed by atoms with Gasteiger partial charge in [0.2, 0.25) is 0 Å². The summed E-state index contributed by atoms with van der Waals surface area (Å²) in [5, 5.41) is 9.91. The normalized spacial score (nSPS) is 33.2. The van der Waals surface area contributed by atoms with Crippen LogP contribution in [0, 0.1) is 11.3 Å². The second-order valence-electron chi connectivity index (χ2n) is 6.89. The second-order valence-corrected chi connectivity index (χ2v) is 6.89. The summed E-state index contributed by atoms with van der Waals surface area (Å²) in [7, 11) is 0. The maximum atomic E-state index is 9.91. The van der Waals surface area contributed by atoms with E-state index in [1.165, 1.54) is 38.5 Å². The minimum absolute atomic E-state index is 0.128. The largest absolute Gasteiger partial charge is 0.396 e. The van der Waals surface area contributed by atoms with Gasteiger partial charge >= 0.3 is 0 Å². The molecule has 2 heterocycles. The fourth-order valence-electron chi connectivity index (χ4n) is 4.09. The van der Waals surface area contributed by atoms with Gasteiger partial charge in [0.05, 0.1) is 6.61 Å². The van der Waals surface area contributed by atoms with Crippen molar-refractivity contribution in [2.45, 2.75) is 44.4 Å². The van der Waals surface area contributed by atoms with Crippen molar-refractivity contribution in [3.8, 4) is 0 Å². The molecule has 0 bridgehead atoms. The van der Waals surface area contributed by atoms with Gasteiger partial charge in [0, 0.05) is 30.6 Å². The Kier molecular flexibility index (Phi) is 2.95. The maximum Gasteiger partial charge on any atom is 0.133 e. The van der Waals surface area contributed by atoms with Crippen LogP contribution in [0.2, 0.25) is 0 Å². The maximum absolute atomic E-state index is 9.91. The van der Waals surface area contributed by atoms with Gasteiger partial charge in [0.1, 0.15) is 11.6 Å². The number of aliphatic hydroxyl groups is 1. The van der Waals surface area contributed by atoms with E-state index in [0.29, 0.717) is 18.4 Å². The van der Waals surface area contributed by atoms with Crippen molar-refractivity contribution in [1.29, 1.82) is 0 Å². The van der Waals surface area contributed by atoms with E-state index in [0.717, 1.165) is 24.7 Å². The average Bonchev–Trinajstić information content (AvgIpc) is 3.27. The van der Waals surface area contributed by atoms with Crippen LogP contribution >= 0.6 is 0 Å². The standard InChI is InChI=1S/C16H23N3O/c20-11-16-7-2-1-3-13(16)9-19(10-16)14-6-8-17-15(18-14)12-4-5-12/h6,8,12-13,20H,1-5,7,9-11H2. The number of hydrogen-bond acceptors (Lipinski definition) is 4. The van der Waals surface area contributed by atoms with Crippen LogP contribution in [0.25, 0.3) is 0 Å². The van der Waals surface area contributed by atoms with E-state index in [9.17, 15) is 5.11 Å². The lowest BCUT2D eigenvalue weighted by Crippen LogP contribution is -2.37. The molecule has 4 heteroatoms. The molecule has 2 atom stereocenters. The lowest BCUT2D eigenvalue weighted by Gasteiger charge is -2.36. The summed E-state index contributed by atoms with van der Waals surface area (Å²) >= 11 is 0. The Morgan fingerprint density at radius 3 is 2.95 bits per heavy atom. The van der Waals surface area contributed by atoms with Crippen LogP contribution in [-0.2, 0) is 0 Å². The van der Waals surface area contributed by atoms with Crippen LogP contribution in [0.4, 0.5) is 5.82 Å². The smallest absolute Gasteiger partial charge is 0.133 e. The summed E-state index contributed by atoms with van der Waals surface area (Å²) in [4.78, 5) is 11.6. The van der Waals surface area contributed by atoms with E-state index in [1.807, 2.05) is 12.3 Å². The fraction of sp³-hybridized carbons (Fsp3) is 0.750. The first-order valence-electron chi connectivity index (χ1n) is 7.99. The van der Waals surface area contributed by atoms with Gasteiger partial charge in [0.25, 0.3) is 0 Å². The molecule has 1 aliphatic heterocycles. The summed E-state index contributed by atoms with van der Waals surface area (Å²) in [6, 6.07) is 2.04. The van der Waals surface area contributed by atoms with Gasteiger partial charge in [-0.15, -0.1) is 0 Å². The summed E-state index contributed by atoms with van der Waals surface area (Å²) in [5.41, 5.74) is 0.128. The zero-order valence-electron chi connectivity index (χ0n) is 12.0. The molecule has 1 aromatic rings. The van der Waals surface area contributed by atoms with E-state index in [4.69, 9.17) is 4.98 Å². The molecular weight excluding hydrogens is 250 g/mol. The van der Waals surface area contributed by atoms with Crippen molar-refractivity contribution in [1.82, 2.24) is 9.97 Å². The van der Waals surface area contributed by atoms with Crippen LogP contribution < -0.4 is 4.90 Å². The van der Waals surface area contributed by atoms with E-state index >= 15 is 0 Å². The second kappa shape index (κ2) is 4.69. The third kappa shape index (κ3) is 2.01. The van der Waals surface area contributed by atoms with Crippen molar-refractivity contribution in [2.24, 2.45) is 11.3 Å². The van der Waals surface area contributed by atoms with Crippen LogP contribution in [0.5, 0.6) is 0 Å². The monoisotopic (exact) mass is 273 g/mol. The minimum Gasteiger partial charge on any atom is -0.396 e. The number of aromatic nitrogens is 2. The predicted molar refractivity (Wildman–Crippen MR) is 77.7 cm³/mol. The number of hydrogen-bond donors (Lipinski definition) is 1. The first-order chi connectivity index (χ1) is 9.81. The van der Waals surface area contributed by atoms with Crippen molar-refractivity contribution >= 4 is 5.82 Å². The molecule has 1 aromatic heterocycles. The van der Waals surface area contributed by atoms with Gasteiger partial charge in [-0.2, -0.15) is 0 Å². The van der Waals surface area contributed by atoms with Crippen LogP contribution in [0.3, 0.4) is 0 Å². The lowest BCUT2D eigenvalue weighted by molar-refractivity contribution is 0.0626. The number of fused-ring (bicyclic) bond motifs is 1. The van der Waals surface area contributed by atoms with E-state index in [1.54, 1.807) is 0 Å². The molecule has 3 aliphatic rings. The molecule has 2 aliphatic carbocycles. The van der Waals surface area contributed by atoms with Gasteiger partial charge in [-0.3, -0.25) is 0 Å². The molecule has 0 amide bonds. The Hall–Kier alpha value is -1.16. The highest BCUT2D eigenvalue weighted by Gasteiger charge is 2.47. The molecule has 0 radical (unpaired) electrons. The zero-order valence-corrected chi connectivity index (χ0v) is 12.0. The first kappa shape index (κ1) is 12.6. The molecule has 0 aromatic carbocycles. The van der Waals surface area contributed by atoms with Crippen LogP contribution in [0.15, 0.2) is 12.3 Å². The summed E-state index contributed by atoms with van der Waals surface area (Å²) in [6.07, 6.45) is 9.41. The fourth-order valence-corrected chi connectivity index (χ4v) is 4.09. The molecule has 20 heavy (non-hydrogen) atoms. The SMILES string of the molecule is OCC12CCCCC1CN(c1ccnc(C3CC3)n1)C2. The number of nitrogens with zero attached hydrogens (tertiary/aromatic N) is 3. The molecule has 2 saturated carbocycles. The molecule has 1 N–H and O–H groups in total. The summed E-state index contributed by atoms with van der Waals surface area (Å²) < 4.78 is 0. The topological polar surface area (TPSA) is 49.2 Å². The van der Waals surface area contributed by atoms with Gasteiger partial charge in [-0.05, 0) is 37.7 Å². The lowest BCUT2D eigenvalue weighted by atomic mass is 9.69. The quantitative estimate of drug-likeness (QED) is 0.918. The third-order valence-corrected chi connectivity index (χ3v) is 5.53. The van der Waals surface area contributed by atoms with Crippen molar-refractivity contribution < 1.29 is 5.11 Å². The first-order valence-corrected chi connectivity index (χ1v) is 7.99. The Morgan fingerprint density at radius 1 is 1.30 bits per heavy atom. The highest BCUT2D eigenvalue weighted by Crippen LogP contribution is 2.47. The highest BCUT2D eigenvalue weighted by atomic mass is 16.3. The molecule has 108 valence electrons. The molecule has 4 rings (SSSR count). The zero-order chi connectivity index (χ0) is 13.6. The van der Waals surface area contributed by atoms with Crippen molar-refractivity contribution in [3.05, 3.63) is 18.1 Å². The number of aliphatic hydroxyl groups excluding tert-OH is 1. The van der Waals surface area contributed by atoms with Crippen LogP contribution in [-0.4, -0.2) is 34.8 Å². The van der Waals surface area contributed by atoms with Gasteiger partial charge < -0.3 is 10.0 Å². The molecular formula is C16H23N3O. The Bertz CT molecular complexity index is 502. The van der Waals surface area contributed by atoms with Gasteiger partial charge in [-0.25, -0.2) is 9.97 Å². The Morgan fingerprint density at radius 2 is 2.20 bits per heavy atom. The average molecular weight is 273 g/mol. The van der Waals surface area contributed by atoms with E-state index in [-0.39, 0.29) is 5.41 Å². The summed E-state index contributed by atoms with van der Waals surface area (Å²) in [6.45, 7) is 2.35. The van der Waals surface area contributed by atoms with Crippen molar-refractivity contribution in [2.75, 3.05) is 24.6 Å². The molecule has 1 saturated heterocycles. The molecule has 0 spiro atoms. The molecule has 2 unspecified atom stereocenters. The van der Waals surface area contributed by atoms with Crippen LogP contribution in [0.1, 0.15) is 50.3 Å². The molecule has 4 nitrogen and oxygen atoms in total. The third-order valence-electron chi connectivity index (χ3n) is 5.53. The van der Waals surface area contributed by atoms with Gasteiger partial charge in [-0.1, -0.05) is 12.8 Å². The van der Waals surface area contributed by atoms with E-state index < -0.39 is 0 Å². The summed E-state index contributed by atoms with van der Waals surface area (Å²) in [5.74, 6) is 3.34. The predicted octanol–water partition coefficient (Wildman–Crippen LogP) is 2.34. The molecule has 3 fully saturated rings.